The lowest BCUT2D eigenvalue weighted by Crippen LogP contribution is -2.30. The number of hydrogen-bond donors (Lipinski definition) is 3. The summed E-state index contributed by atoms with van der Waals surface area (Å²) in [5.74, 6) is -0.718. The lowest BCUT2D eigenvalue weighted by atomic mass is 10.00. The molecule has 19 heteroatoms. The molecule has 0 aromatic rings. The van der Waals surface area contributed by atoms with Crippen molar-refractivity contribution in [2.75, 3.05) is 39.6 Å². The summed E-state index contributed by atoms with van der Waals surface area (Å²) in [5.41, 5.74) is 0. The van der Waals surface area contributed by atoms with Crippen molar-refractivity contribution in [2.45, 2.75) is 445 Å². The third kappa shape index (κ3) is 73.0. The number of unbranched alkanes of at least 4 members (excludes halogenated alkanes) is 49. The molecule has 0 spiro atoms. The van der Waals surface area contributed by atoms with Gasteiger partial charge in [-0.25, -0.2) is 9.13 Å². The quantitative estimate of drug-likeness (QED) is 0.0222. The first kappa shape index (κ1) is 98.1. The average Bonchev–Trinajstić information content (AvgIpc) is 0.924. The third-order valence-electron chi connectivity index (χ3n) is 19.3. The number of carbonyl (C=O) groups is 4. The predicted octanol–water partition coefficient (Wildman–Crippen LogP) is 24.3. The molecule has 0 amide bonds. The molecule has 0 rings (SSSR count). The van der Waals surface area contributed by atoms with E-state index in [-0.39, 0.29) is 25.7 Å². The molecule has 594 valence electrons. The fourth-order valence-corrected chi connectivity index (χ4v) is 14.1. The minimum atomic E-state index is -4.96. The Morgan fingerprint density at radius 3 is 0.760 bits per heavy atom. The van der Waals surface area contributed by atoms with Gasteiger partial charge in [-0.1, -0.05) is 375 Å². The van der Waals surface area contributed by atoms with Crippen molar-refractivity contribution in [1.82, 2.24) is 0 Å². The van der Waals surface area contributed by atoms with Crippen molar-refractivity contribution < 1.29 is 80.2 Å². The van der Waals surface area contributed by atoms with Gasteiger partial charge in [0.15, 0.2) is 12.2 Å². The third-order valence-corrected chi connectivity index (χ3v) is 21.2. The van der Waals surface area contributed by atoms with E-state index >= 15 is 0 Å². The molecule has 0 aromatic carbocycles. The van der Waals surface area contributed by atoms with E-state index in [1.165, 1.54) is 238 Å². The van der Waals surface area contributed by atoms with Crippen LogP contribution in [0, 0.1) is 11.8 Å². The number of aliphatic hydroxyl groups is 1. The molecule has 3 N–H and O–H groups in total. The molecule has 100 heavy (non-hydrogen) atoms. The number of phosphoric ester groups is 2. The van der Waals surface area contributed by atoms with Crippen molar-refractivity contribution in [1.29, 1.82) is 0 Å². The van der Waals surface area contributed by atoms with Crippen LogP contribution in [0.4, 0.5) is 0 Å². The summed E-state index contributed by atoms with van der Waals surface area (Å²) in [6.07, 6.45) is 63.0. The molecule has 0 saturated heterocycles. The Hall–Kier alpha value is -1.94. The number of carbonyl (C=O) groups excluding carboxylic acids is 4. The fraction of sp³-hybridized carbons (Fsp3) is 0.951. The highest BCUT2D eigenvalue weighted by Crippen LogP contribution is 2.45. The first-order valence-corrected chi connectivity index (χ1v) is 45.0. The topological polar surface area (TPSA) is 237 Å². The van der Waals surface area contributed by atoms with E-state index in [1.54, 1.807) is 0 Å². The van der Waals surface area contributed by atoms with Crippen LogP contribution in [-0.2, 0) is 65.4 Å². The highest BCUT2D eigenvalue weighted by molar-refractivity contribution is 7.47. The van der Waals surface area contributed by atoms with Gasteiger partial charge in [-0.2, -0.15) is 0 Å². The zero-order valence-corrected chi connectivity index (χ0v) is 67.3. The Kier molecular flexibility index (Phi) is 71.2. The van der Waals surface area contributed by atoms with Gasteiger partial charge in [0, 0.05) is 25.7 Å². The molecule has 0 bridgehead atoms. The smallest absolute Gasteiger partial charge is 0.462 e. The van der Waals surface area contributed by atoms with Crippen LogP contribution in [0.1, 0.15) is 427 Å². The Balaban J connectivity index is 5.17. The molecule has 3 unspecified atom stereocenters. The summed E-state index contributed by atoms with van der Waals surface area (Å²) in [5, 5.41) is 10.6. The zero-order chi connectivity index (χ0) is 73.5. The summed E-state index contributed by atoms with van der Waals surface area (Å²) in [6, 6.07) is 0. The van der Waals surface area contributed by atoms with Gasteiger partial charge >= 0.3 is 39.5 Å². The van der Waals surface area contributed by atoms with Crippen molar-refractivity contribution in [3.05, 3.63) is 0 Å². The maximum atomic E-state index is 13.1. The first-order chi connectivity index (χ1) is 48.4. The van der Waals surface area contributed by atoms with Crippen LogP contribution < -0.4 is 0 Å². The zero-order valence-electron chi connectivity index (χ0n) is 65.5. The summed E-state index contributed by atoms with van der Waals surface area (Å²) in [7, 11) is -9.92. The largest absolute Gasteiger partial charge is 0.472 e. The van der Waals surface area contributed by atoms with Gasteiger partial charge in [-0.05, 0) is 37.5 Å². The lowest BCUT2D eigenvalue weighted by Gasteiger charge is -2.21. The van der Waals surface area contributed by atoms with Crippen LogP contribution >= 0.6 is 15.6 Å². The molecule has 17 nitrogen and oxygen atoms in total. The molecular weight excluding hydrogens is 1310 g/mol. The van der Waals surface area contributed by atoms with E-state index in [1.807, 2.05) is 0 Å². The maximum Gasteiger partial charge on any atom is 0.472 e. The number of ether oxygens (including phenoxy) is 4. The van der Waals surface area contributed by atoms with Gasteiger partial charge in [0.25, 0.3) is 0 Å². The molecule has 0 aliphatic rings. The minimum Gasteiger partial charge on any atom is -0.462 e. The van der Waals surface area contributed by atoms with Crippen LogP contribution in [0.5, 0.6) is 0 Å². The van der Waals surface area contributed by atoms with Crippen molar-refractivity contribution in [3.8, 4) is 0 Å². The number of phosphoric acid groups is 2. The normalized spacial score (nSPS) is 14.2. The molecule has 0 aromatic heterocycles. The van der Waals surface area contributed by atoms with E-state index in [0.717, 1.165) is 102 Å². The van der Waals surface area contributed by atoms with Crippen molar-refractivity contribution >= 4 is 39.5 Å². The van der Waals surface area contributed by atoms with Gasteiger partial charge in [-0.3, -0.25) is 37.3 Å². The van der Waals surface area contributed by atoms with Gasteiger partial charge in [0.2, 0.25) is 0 Å². The maximum absolute atomic E-state index is 13.1. The highest BCUT2D eigenvalue weighted by atomic mass is 31.2. The minimum absolute atomic E-state index is 0.102. The second-order valence-electron chi connectivity index (χ2n) is 29.9. The van der Waals surface area contributed by atoms with Gasteiger partial charge in [-0.15, -0.1) is 0 Å². The van der Waals surface area contributed by atoms with E-state index in [0.29, 0.717) is 31.6 Å². The molecule has 0 aliphatic carbocycles. The second kappa shape index (κ2) is 72.6. The second-order valence-corrected chi connectivity index (χ2v) is 32.8. The number of rotatable bonds is 80. The number of hydrogen-bond acceptors (Lipinski definition) is 15. The summed E-state index contributed by atoms with van der Waals surface area (Å²) >= 11 is 0. The Morgan fingerprint density at radius 2 is 0.510 bits per heavy atom. The van der Waals surface area contributed by atoms with E-state index in [2.05, 4.69) is 41.5 Å². The average molecular weight is 1470 g/mol. The van der Waals surface area contributed by atoms with E-state index < -0.39 is 97.5 Å². The van der Waals surface area contributed by atoms with Gasteiger partial charge < -0.3 is 33.8 Å². The molecule has 6 atom stereocenters. The summed E-state index contributed by atoms with van der Waals surface area (Å²) < 4.78 is 68.6. The monoisotopic (exact) mass is 1470 g/mol. The molecule has 0 saturated carbocycles. The number of aliphatic hydroxyl groups excluding tert-OH is 1. The lowest BCUT2D eigenvalue weighted by molar-refractivity contribution is -0.161. The van der Waals surface area contributed by atoms with Crippen LogP contribution in [-0.4, -0.2) is 96.7 Å². The van der Waals surface area contributed by atoms with E-state index in [9.17, 15) is 43.2 Å². The van der Waals surface area contributed by atoms with Crippen LogP contribution in [0.2, 0.25) is 0 Å². The Morgan fingerprint density at radius 1 is 0.290 bits per heavy atom. The Bertz CT molecular complexity index is 1930. The first-order valence-electron chi connectivity index (χ1n) is 42.0. The van der Waals surface area contributed by atoms with Crippen LogP contribution in [0.15, 0.2) is 0 Å². The van der Waals surface area contributed by atoms with Gasteiger partial charge in [0.1, 0.15) is 19.3 Å². The van der Waals surface area contributed by atoms with E-state index in [4.69, 9.17) is 37.0 Å². The number of esters is 4. The fourth-order valence-electron chi connectivity index (χ4n) is 12.5. The molecule has 0 aliphatic heterocycles. The SMILES string of the molecule is CCCCCCCCCCCCCCCCCCCCCCCCC(=O)O[C@H](COC(=O)CCCCCCCCCCCCCCCCCCCCC)COP(=O)(O)OC[C@@H](O)COP(=O)(O)OC[C@@H](COC(=O)CCCCCCCCC(C)C)OC(=O)CCCCCCCCC(C)CC. The standard InChI is InChI=1S/C81H158O17P2/c1-7-10-12-14-16-18-20-22-24-26-28-29-30-32-34-36-38-40-42-44-53-59-65-80(85)97-76(69-91-78(83)63-57-51-43-41-39-37-35-33-31-27-25-23-21-19-17-15-13-11-8-2)71-95-99(87,88)93-67-75(82)68-94-100(89,90)96-72-77(70-92-79(84)64-58-52-47-45-49-55-61-73(4)5)98-81(86)66-60-54-48-46-50-56-62-74(6)9-3/h73-77,82H,7-72H2,1-6H3,(H,87,88)(H,89,90)/t74?,75-,76-,77-/m1/s1. The van der Waals surface area contributed by atoms with Crippen LogP contribution in [0.25, 0.3) is 0 Å². The highest BCUT2D eigenvalue weighted by Gasteiger charge is 2.30. The van der Waals surface area contributed by atoms with Crippen molar-refractivity contribution in [3.63, 3.8) is 0 Å². The van der Waals surface area contributed by atoms with Crippen LogP contribution in [0.3, 0.4) is 0 Å². The Labute approximate surface area is 613 Å². The van der Waals surface area contributed by atoms with Gasteiger partial charge in [0.05, 0.1) is 26.4 Å². The predicted molar refractivity (Wildman–Crippen MR) is 409 cm³/mol. The molecule has 0 fully saturated rings. The summed E-state index contributed by atoms with van der Waals surface area (Å²) in [4.78, 5) is 72.9. The summed E-state index contributed by atoms with van der Waals surface area (Å²) in [6.45, 7) is 9.48. The molecule has 0 radical (unpaired) electrons. The molecule has 0 heterocycles. The molecular formula is C81H158O17P2. The van der Waals surface area contributed by atoms with Crippen molar-refractivity contribution in [2.24, 2.45) is 11.8 Å².